The first-order valence-electron chi connectivity index (χ1n) is 8.27. The Bertz CT molecular complexity index is 401. The molecule has 1 aromatic carbocycles. The van der Waals surface area contributed by atoms with Gasteiger partial charge in [0, 0.05) is 0 Å². The molecule has 0 saturated heterocycles. The van der Waals surface area contributed by atoms with Crippen LogP contribution < -0.4 is 0 Å². The normalized spacial score (nSPS) is 33.6. The van der Waals surface area contributed by atoms with Crippen molar-refractivity contribution in [1.29, 1.82) is 0 Å². The van der Waals surface area contributed by atoms with E-state index in [0.717, 1.165) is 11.8 Å². The lowest BCUT2D eigenvalue weighted by Gasteiger charge is -2.53. The molecule has 0 heteroatoms. The minimum Gasteiger partial charge on any atom is -0.0649 e. The maximum atomic E-state index is 2.40. The molecule has 2 bridgehead atoms. The molecule has 0 aliphatic heterocycles. The zero-order chi connectivity index (χ0) is 13.3. The summed E-state index contributed by atoms with van der Waals surface area (Å²) in [6.07, 6.45) is 12.8. The Balaban J connectivity index is 1.70. The fraction of sp³-hybridized carbons (Fsp3) is 0.684. The molecule has 4 rings (SSSR count). The summed E-state index contributed by atoms with van der Waals surface area (Å²) >= 11 is 0. The molecule has 0 amide bonds. The molecule has 0 unspecified atom stereocenters. The number of hydrogen-bond acceptors (Lipinski definition) is 0. The van der Waals surface area contributed by atoms with Gasteiger partial charge in [-0.05, 0) is 73.3 Å². The van der Waals surface area contributed by atoms with Crippen molar-refractivity contribution in [3.63, 3.8) is 0 Å². The molecule has 0 atom stereocenters. The summed E-state index contributed by atoms with van der Waals surface area (Å²) in [5, 5.41) is 0. The van der Waals surface area contributed by atoms with Crippen molar-refractivity contribution in [2.24, 2.45) is 10.8 Å². The zero-order valence-corrected chi connectivity index (χ0v) is 12.7. The van der Waals surface area contributed by atoms with Crippen LogP contribution in [0.3, 0.4) is 0 Å². The van der Waals surface area contributed by atoms with Gasteiger partial charge in [-0.25, -0.2) is 0 Å². The van der Waals surface area contributed by atoms with Gasteiger partial charge in [-0.1, -0.05) is 44.5 Å². The standard InChI is InChI=1S/C19H28/c1-3-16-5-7-17(8-6-16)15-19-12-9-18(4-2,10-13-19)11-14-19/h5-8H,3-4,9-15H2,1-2H3. The van der Waals surface area contributed by atoms with Crippen LogP contribution in [0.15, 0.2) is 24.3 Å². The van der Waals surface area contributed by atoms with Gasteiger partial charge in [0.2, 0.25) is 0 Å². The molecule has 0 radical (unpaired) electrons. The van der Waals surface area contributed by atoms with E-state index in [1.54, 1.807) is 5.56 Å². The van der Waals surface area contributed by atoms with Crippen LogP contribution in [0, 0.1) is 10.8 Å². The molecule has 3 aliphatic rings. The molecule has 0 heterocycles. The van der Waals surface area contributed by atoms with Crippen molar-refractivity contribution in [3.8, 4) is 0 Å². The summed E-state index contributed by atoms with van der Waals surface area (Å²) in [6, 6.07) is 9.41. The highest BCUT2D eigenvalue weighted by Crippen LogP contribution is 2.59. The van der Waals surface area contributed by atoms with E-state index in [0.29, 0.717) is 5.41 Å². The van der Waals surface area contributed by atoms with Gasteiger partial charge in [0.25, 0.3) is 0 Å². The van der Waals surface area contributed by atoms with Crippen LogP contribution in [-0.4, -0.2) is 0 Å². The third kappa shape index (κ3) is 2.47. The second-order valence-corrected chi connectivity index (χ2v) is 7.20. The van der Waals surface area contributed by atoms with Crippen LogP contribution in [0.5, 0.6) is 0 Å². The first-order valence-corrected chi connectivity index (χ1v) is 8.27. The van der Waals surface area contributed by atoms with Crippen molar-refractivity contribution >= 4 is 0 Å². The predicted octanol–water partition coefficient (Wildman–Crippen LogP) is 5.54. The van der Waals surface area contributed by atoms with E-state index in [1.165, 1.54) is 56.9 Å². The molecule has 3 aliphatic carbocycles. The molecule has 0 nitrogen and oxygen atoms in total. The highest BCUT2D eigenvalue weighted by atomic mass is 14.5. The lowest BCUT2D eigenvalue weighted by molar-refractivity contribution is -0.0109. The Morgan fingerprint density at radius 3 is 1.68 bits per heavy atom. The number of rotatable bonds is 4. The number of aryl methyl sites for hydroxylation is 1. The molecular formula is C19H28. The van der Waals surface area contributed by atoms with E-state index in [9.17, 15) is 0 Å². The van der Waals surface area contributed by atoms with E-state index in [-0.39, 0.29) is 0 Å². The van der Waals surface area contributed by atoms with Gasteiger partial charge in [-0.3, -0.25) is 0 Å². The van der Waals surface area contributed by atoms with Crippen molar-refractivity contribution in [1.82, 2.24) is 0 Å². The van der Waals surface area contributed by atoms with Crippen LogP contribution >= 0.6 is 0 Å². The summed E-state index contributed by atoms with van der Waals surface area (Å²) in [5.74, 6) is 0. The number of hydrogen-bond donors (Lipinski definition) is 0. The van der Waals surface area contributed by atoms with Crippen LogP contribution in [0.25, 0.3) is 0 Å². The highest BCUT2D eigenvalue weighted by Gasteiger charge is 2.47. The van der Waals surface area contributed by atoms with Gasteiger partial charge in [0.1, 0.15) is 0 Å². The molecule has 0 N–H and O–H groups in total. The fourth-order valence-electron chi connectivity index (χ4n) is 4.46. The van der Waals surface area contributed by atoms with E-state index < -0.39 is 0 Å². The van der Waals surface area contributed by atoms with Gasteiger partial charge in [-0.2, -0.15) is 0 Å². The minimum atomic E-state index is 0.657. The van der Waals surface area contributed by atoms with Crippen molar-refractivity contribution in [2.75, 3.05) is 0 Å². The summed E-state index contributed by atoms with van der Waals surface area (Å²) in [7, 11) is 0. The minimum absolute atomic E-state index is 0.657. The maximum absolute atomic E-state index is 2.40. The molecule has 3 saturated carbocycles. The second kappa shape index (κ2) is 4.96. The summed E-state index contributed by atoms with van der Waals surface area (Å²) < 4.78 is 0. The van der Waals surface area contributed by atoms with E-state index >= 15 is 0 Å². The van der Waals surface area contributed by atoms with Crippen molar-refractivity contribution in [3.05, 3.63) is 35.4 Å². The highest BCUT2D eigenvalue weighted by molar-refractivity contribution is 5.24. The van der Waals surface area contributed by atoms with Gasteiger partial charge >= 0.3 is 0 Å². The molecule has 0 aromatic heterocycles. The Morgan fingerprint density at radius 2 is 1.21 bits per heavy atom. The molecular weight excluding hydrogens is 228 g/mol. The summed E-state index contributed by atoms with van der Waals surface area (Å²) in [6.45, 7) is 4.64. The van der Waals surface area contributed by atoms with Crippen molar-refractivity contribution in [2.45, 2.75) is 71.6 Å². The molecule has 19 heavy (non-hydrogen) atoms. The number of fused-ring (bicyclic) bond motifs is 3. The SMILES string of the molecule is CCc1ccc(CC23CCC(CC)(CC2)CC3)cc1. The van der Waals surface area contributed by atoms with E-state index in [4.69, 9.17) is 0 Å². The van der Waals surface area contributed by atoms with Gasteiger partial charge in [-0.15, -0.1) is 0 Å². The molecule has 0 spiro atoms. The Labute approximate surface area is 118 Å². The quantitative estimate of drug-likeness (QED) is 0.663. The Morgan fingerprint density at radius 1 is 0.737 bits per heavy atom. The first-order chi connectivity index (χ1) is 9.19. The average molecular weight is 256 g/mol. The van der Waals surface area contributed by atoms with Crippen molar-refractivity contribution < 1.29 is 0 Å². The largest absolute Gasteiger partial charge is 0.0649 e. The second-order valence-electron chi connectivity index (χ2n) is 7.20. The van der Waals surface area contributed by atoms with Crippen LogP contribution in [0.4, 0.5) is 0 Å². The predicted molar refractivity (Wildman–Crippen MR) is 82.4 cm³/mol. The maximum Gasteiger partial charge on any atom is -0.0222 e. The smallest absolute Gasteiger partial charge is 0.0222 e. The lowest BCUT2D eigenvalue weighted by Crippen LogP contribution is -2.42. The van der Waals surface area contributed by atoms with Crippen LogP contribution in [-0.2, 0) is 12.8 Å². The monoisotopic (exact) mass is 256 g/mol. The van der Waals surface area contributed by atoms with Crippen LogP contribution in [0.1, 0.15) is 69.9 Å². The summed E-state index contributed by atoms with van der Waals surface area (Å²) in [5.41, 5.74) is 4.44. The number of benzene rings is 1. The zero-order valence-electron chi connectivity index (χ0n) is 12.7. The Hall–Kier alpha value is -0.780. The molecule has 3 fully saturated rings. The van der Waals surface area contributed by atoms with Gasteiger partial charge in [0.15, 0.2) is 0 Å². The first kappa shape index (κ1) is 13.2. The van der Waals surface area contributed by atoms with E-state index in [1.807, 2.05) is 0 Å². The molecule has 1 aromatic rings. The third-order valence-electron chi connectivity index (χ3n) is 6.32. The lowest BCUT2D eigenvalue weighted by atomic mass is 9.52. The Kier molecular flexibility index (Phi) is 3.45. The van der Waals surface area contributed by atoms with Crippen LogP contribution in [0.2, 0.25) is 0 Å². The van der Waals surface area contributed by atoms with Gasteiger partial charge < -0.3 is 0 Å². The fourth-order valence-corrected chi connectivity index (χ4v) is 4.46. The van der Waals surface area contributed by atoms with E-state index in [2.05, 4.69) is 38.1 Å². The third-order valence-corrected chi connectivity index (χ3v) is 6.32. The topological polar surface area (TPSA) is 0 Å². The average Bonchev–Trinajstić information content (AvgIpc) is 2.50. The van der Waals surface area contributed by atoms with Gasteiger partial charge in [0.05, 0.1) is 0 Å². The molecule has 104 valence electrons. The summed E-state index contributed by atoms with van der Waals surface area (Å²) in [4.78, 5) is 0.